The average molecular weight is 439 g/mol. The van der Waals surface area contributed by atoms with E-state index >= 15 is 0 Å². The number of fused-ring (bicyclic) bond motifs is 1. The van der Waals surface area contributed by atoms with E-state index < -0.39 is 32.7 Å². The largest absolute Gasteiger partial charge is 0.348 e. The number of hydrogen-bond donors (Lipinski definition) is 2. The molecule has 0 saturated carbocycles. The fourth-order valence-corrected chi connectivity index (χ4v) is 5.20. The molecule has 1 aliphatic carbocycles. The maximum Gasteiger partial charge on any atom is 0.244 e. The van der Waals surface area contributed by atoms with Gasteiger partial charge in [0.15, 0.2) is 0 Å². The molecule has 2 atom stereocenters. The summed E-state index contributed by atoms with van der Waals surface area (Å²) < 4.78 is 42.3. The predicted octanol–water partition coefficient (Wildman–Crippen LogP) is 3.52. The number of aryl methyl sites for hydroxylation is 1. The third-order valence-corrected chi connectivity index (χ3v) is 6.98. The van der Waals surface area contributed by atoms with Gasteiger partial charge >= 0.3 is 0 Å². The minimum absolute atomic E-state index is 0.148. The van der Waals surface area contributed by atoms with Gasteiger partial charge in [0.05, 0.1) is 6.04 Å². The number of hydrogen-bond acceptors (Lipinski definition) is 3. The van der Waals surface area contributed by atoms with Gasteiger partial charge in [0.25, 0.3) is 0 Å². The molecule has 0 radical (unpaired) electrons. The molecule has 3 aromatic carbocycles. The maximum atomic E-state index is 14.1. The van der Waals surface area contributed by atoms with Crippen LogP contribution in [0, 0.1) is 5.82 Å². The zero-order valence-corrected chi connectivity index (χ0v) is 17.6. The highest BCUT2D eigenvalue weighted by Gasteiger charge is 2.31. The minimum Gasteiger partial charge on any atom is -0.348 e. The van der Waals surface area contributed by atoms with Crippen LogP contribution in [0.25, 0.3) is 0 Å². The third kappa shape index (κ3) is 4.84. The first-order valence-corrected chi connectivity index (χ1v) is 11.6. The molecular weight excluding hydrogens is 415 g/mol. The Bertz CT molecular complexity index is 1180. The van der Waals surface area contributed by atoms with Gasteiger partial charge in [0.2, 0.25) is 15.9 Å². The summed E-state index contributed by atoms with van der Waals surface area (Å²) in [5.41, 5.74) is 3.02. The van der Waals surface area contributed by atoms with Gasteiger partial charge in [0, 0.05) is 0 Å². The zero-order chi connectivity index (χ0) is 21.8. The molecule has 0 heterocycles. The van der Waals surface area contributed by atoms with Crippen LogP contribution in [0.3, 0.4) is 0 Å². The molecule has 3 aromatic rings. The summed E-state index contributed by atoms with van der Waals surface area (Å²) in [6.07, 6.45) is 1.75. The van der Waals surface area contributed by atoms with Gasteiger partial charge in [-0.15, -0.1) is 0 Å². The Kier molecular flexibility index (Phi) is 6.15. The number of carbonyl (C=O) groups is 1. The normalized spacial score (nSPS) is 16.5. The third-order valence-electron chi connectivity index (χ3n) is 5.47. The van der Waals surface area contributed by atoms with Crippen LogP contribution in [-0.4, -0.2) is 20.4 Å². The Hall–Kier alpha value is -3.03. The molecule has 0 fully saturated rings. The van der Waals surface area contributed by atoms with Crippen molar-refractivity contribution in [2.75, 3.05) is 0 Å². The molecule has 0 saturated heterocycles. The van der Waals surface area contributed by atoms with Gasteiger partial charge in [0.1, 0.15) is 16.8 Å². The van der Waals surface area contributed by atoms with Crippen molar-refractivity contribution in [3.8, 4) is 0 Å². The number of sulfonamides is 1. The summed E-state index contributed by atoms with van der Waals surface area (Å²) in [6.45, 7) is 0. The van der Waals surface area contributed by atoms with Crippen LogP contribution in [0.15, 0.2) is 83.8 Å². The van der Waals surface area contributed by atoms with Crippen molar-refractivity contribution in [3.05, 3.63) is 101 Å². The Morgan fingerprint density at radius 1 is 0.968 bits per heavy atom. The molecule has 7 heteroatoms. The molecule has 0 aliphatic heterocycles. The molecule has 0 aromatic heterocycles. The van der Waals surface area contributed by atoms with Crippen molar-refractivity contribution in [1.29, 1.82) is 0 Å². The van der Waals surface area contributed by atoms with E-state index in [1.807, 2.05) is 54.6 Å². The molecule has 160 valence electrons. The highest BCUT2D eigenvalue weighted by Crippen LogP contribution is 2.30. The standard InChI is InChI=1S/C24H23FN2O3S/c25-20-12-6-7-13-23(20)31(29,30)27-22(16-17-8-2-1-3-9-17)24(28)26-21-15-14-18-10-4-5-11-19(18)21/h1-13,21-22,27H,14-16H2,(H,26,28). The van der Waals surface area contributed by atoms with Crippen LogP contribution >= 0.6 is 0 Å². The SMILES string of the molecule is O=C(NC1CCc2ccccc21)C(Cc1ccccc1)NS(=O)(=O)c1ccccc1F. The van der Waals surface area contributed by atoms with Gasteiger partial charge in [-0.05, 0) is 48.1 Å². The number of benzene rings is 3. The summed E-state index contributed by atoms with van der Waals surface area (Å²) >= 11 is 0. The predicted molar refractivity (Wildman–Crippen MR) is 116 cm³/mol. The summed E-state index contributed by atoms with van der Waals surface area (Å²) in [7, 11) is -4.24. The highest BCUT2D eigenvalue weighted by atomic mass is 32.2. The van der Waals surface area contributed by atoms with E-state index in [-0.39, 0.29) is 12.5 Å². The first-order chi connectivity index (χ1) is 14.9. The van der Waals surface area contributed by atoms with Crippen LogP contribution in [-0.2, 0) is 27.7 Å². The molecular formula is C24H23FN2O3S. The molecule has 4 rings (SSSR count). The molecule has 2 unspecified atom stereocenters. The molecule has 0 bridgehead atoms. The van der Waals surface area contributed by atoms with Crippen molar-refractivity contribution < 1.29 is 17.6 Å². The van der Waals surface area contributed by atoms with Gasteiger partial charge in [-0.2, -0.15) is 4.72 Å². The second kappa shape index (κ2) is 8.99. The lowest BCUT2D eigenvalue weighted by molar-refractivity contribution is -0.123. The van der Waals surface area contributed by atoms with Gasteiger partial charge < -0.3 is 5.32 Å². The van der Waals surface area contributed by atoms with Gasteiger partial charge in [-0.3, -0.25) is 4.79 Å². The molecule has 0 spiro atoms. The lowest BCUT2D eigenvalue weighted by Gasteiger charge is -2.22. The molecule has 5 nitrogen and oxygen atoms in total. The van der Waals surface area contributed by atoms with Crippen LogP contribution in [0.5, 0.6) is 0 Å². The van der Waals surface area contributed by atoms with E-state index in [1.54, 1.807) is 0 Å². The summed E-state index contributed by atoms with van der Waals surface area (Å²) in [5, 5.41) is 2.98. The van der Waals surface area contributed by atoms with Crippen molar-refractivity contribution in [2.24, 2.45) is 0 Å². The topological polar surface area (TPSA) is 75.3 Å². The van der Waals surface area contributed by atoms with E-state index in [4.69, 9.17) is 0 Å². The zero-order valence-electron chi connectivity index (χ0n) is 16.8. The fraction of sp³-hybridized carbons (Fsp3) is 0.208. The molecule has 1 amide bonds. The summed E-state index contributed by atoms with van der Waals surface area (Å²) in [4.78, 5) is 12.7. The number of halogens is 1. The summed E-state index contributed by atoms with van der Waals surface area (Å²) in [6, 6.07) is 20.9. The van der Waals surface area contributed by atoms with Crippen LogP contribution in [0.4, 0.5) is 4.39 Å². The molecule has 1 aliphatic rings. The van der Waals surface area contributed by atoms with Crippen LogP contribution in [0.2, 0.25) is 0 Å². The summed E-state index contributed by atoms with van der Waals surface area (Å²) in [5.74, 6) is -1.30. The van der Waals surface area contributed by atoms with E-state index in [9.17, 15) is 17.6 Å². The number of amides is 1. The molecule has 2 N–H and O–H groups in total. The monoisotopic (exact) mass is 438 g/mol. The van der Waals surface area contributed by atoms with Crippen molar-refractivity contribution >= 4 is 15.9 Å². The number of carbonyl (C=O) groups excluding carboxylic acids is 1. The Morgan fingerprint density at radius 3 is 2.42 bits per heavy atom. The van der Waals surface area contributed by atoms with Crippen molar-refractivity contribution in [1.82, 2.24) is 10.0 Å². The lowest BCUT2D eigenvalue weighted by Crippen LogP contribution is -2.48. The Balaban J connectivity index is 1.58. The van der Waals surface area contributed by atoms with E-state index in [0.29, 0.717) is 0 Å². The minimum atomic E-state index is -4.24. The first kappa shape index (κ1) is 21.2. The van der Waals surface area contributed by atoms with Crippen molar-refractivity contribution in [3.63, 3.8) is 0 Å². The van der Waals surface area contributed by atoms with Crippen LogP contribution in [0.1, 0.15) is 29.2 Å². The van der Waals surface area contributed by atoms with Gasteiger partial charge in [-0.25, -0.2) is 12.8 Å². The highest BCUT2D eigenvalue weighted by molar-refractivity contribution is 7.89. The van der Waals surface area contributed by atoms with E-state index in [1.165, 1.54) is 23.8 Å². The Morgan fingerprint density at radius 2 is 1.65 bits per heavy atom. The van der Waals surface area contributed by atoms with Crippen LogP contribution < -0.4 is 10.0 Å². The lowest BCUT2D eigenvalue weighted by atomic mass is 10.0. The van der Waals surface area contributed by atoms with E-state index in [0.717, 1.165) is 30.0 Å². The molecule has 31 heavy (non-hydrogen) atoms. The van der Waals surface area contributed by atoms with Crippen molar-refractivity contribution in [2.45, 2.75) is 36.2 Å². The second-order valence-corrected chi connectivity index (χ2v) is 9.28. The van der Waals surface area contributed by atoms with Gasteiger partial charge in [-0.1, -0.05) is 66.7 Å². The Labute approximate surface area is 181 Å². The first-order valence-electron chi connectivity index (χ1n) is 10.1. The maximum absolute atomic E-state index is 14.1. The second-order valence-electron chi connectivity index (χ2n) is 7.59. The van der Waals surface area contributed by atoms with E-state index in [2.05, 4.69) is 10.0 Å². The smallest absolute Gasteiger partial charge is 0.244 e. The number of nitrogens with one attached hydrogen (secondary N) is 2. The number of rotatable bonds is 7. The quantitative estimate of drug-likeness (QED) is 0.593. The average Bonchev–Trinajstić information content (AvgIpc) is 3.17. The fourth-order valence-electron chi connectivity index (χ4n) is 3.93.